The topological polar surface area (TPSA) is 111 Å². The second kappa shape index (κ2) is 5.66. The summed E-state index contributed by atoms with van der Waals surface area (Å²) in [6.07, 6.45) is 2.00. The molecule has 0 aliphatic carbocycles. The van der Waals surface area contributed by atoms with Crippen LogP contribution in [-0.2, 0) is 4.79 Å². The first-order valence-corrected chi connectivity index (χ1v) is 6.39. The van der Waals surface area contributed by atoms with Crippen molar-refractivity contribution >= 4 is 11.6 Å². The van der Waals surface area contributed by atoms with Crippen molar-refractivity contribution in [2.24, 2.45) is 5.73 Å². The number of carbonyl (C=O) groups is 1. The standard InChI is InChI=1S/C14H15N3O4/c1-2-12(14(15)19)16-8-10(7-13(16)18)9-4-3-5-11(6-9)17(20)21/h3-8,12,18H,2H2,1H3,(H2,15,19)/t12-/m0/s1. The second-order valence-electron chi connectivity index (χ2n) is 4.63. The molecule has 2 rings (SSSR count). The van der Waals surface area contributed by atoms with Gasteiger partial charge < -0.3 is 15.4 Å². The van der Waals surface area contributed by atoms with Gasteiger partial charge in [0.15, 0.2) is 5.88 Å². The number of aromatic hydroxyl groups is 1. The highest BCUT2D eigenvalue weighted by molar-refractivity contribution is 5.79. The van der Waals surface area contributed by atoms with Crippen LogP contribution in [0.4, 0.5) is 5.69 Å². The van der Waals surface area contributed by atoms with Crippen molar-refractivity contribution in [3.8, 4) is 17.0 Å². The number of aromatic nitrogens is 1. The predicted molar refractivity (Wildman–Crippen MR) is 76.7 cm³/mol. The van der Waals surface area contributed by atoms with Gasteiger partial charge in [0.2, 0.25) is 5.91 Å². The van der Waals surface area contributed by atoms with Crippen molar-refractivity contribution in [3.63, 3.8) is 0 Å². The van der Waals surface area contributed by atoms with Gasteiger partial charge in [0, 0.05) is 30.0 Å². The number of nitrogens with zero attached hydrogens (tertiary/aromatic N) is 2. The Morgan fingerprint density at radius 2 is 2.14 bits per heavy atom. The molecule has 0 saturated heterocycles. The number of carbonyl (C=O) groups excluding carboxylic acids is 1. The van der Waals surface area contributed by atoms with E-state index in [1.54, 1.807) is 25.3 Å². The third-order valence-electron chi connectivity index (χ3n) is 3.27. The molecule has 1 atom stereocenters. The summed E-state index contributed by atoms with van der Waals surface area (Å²) in [5, 5.41) is 20.7. The van der Waals surface area contributed by atoms with E-state index in [9.17, 15) is 20.0 Å². The quantitative estimate of drug-likeness (QED) is 0.649. The molecule has 1 aromatic heterocycles. The average Bonchev–Trinajstić information content (AvgIpc) is 2.81. The number of amides is 1. The molecule has 0 unspecified atom stereocenters. The molecule has 0 bridgehead atoms. The van der Waals surface area contributed by atoms with E-state index >= 15 is 0 Å². The molecule has 0 fully saturated rings. The van der Waals surface area contributed by atoms with Gasteiger partial charge in [-0.3, -0.25) is 14.9 Å². The molecular formula is C14H15N3O4. The van der Waals surface area contributed by atoms with Gasteiger partial charge in [-0.25, -0.2) is 0 Å². The van der Waals surface area contributed by atoms with Crippen LogP contribution in [0.2, 0.25) is 0 Å². The molecule has 21 heavy (non-hydrogen) atoms. The molecule has 1 heterocycles. The van der Waals surface area contributed by atoms with E-state index in [0.717, 1.165) is 0 Å². The zero-order chi connectivity index (χ0) is 15.6. The van der Waals surface area contributed by atoms with Gasteiger partial charge in [0.05, 0.1) is 4.92 Å². The van der Waals surface area contributed by atoms with Crippen LogP contribution < -0.4 is 5.73 Å². The Kier molecular flexibility index (Phi) is 3.93. The predicted octanol–water partition coefficient (Wildman–Crippen LogP) is 2.21. The van der Waals surface area contributed by atoms with E-state index in [0.29, 0.717) is 17.5 Å². The van der Waals surface area contributed by atoms with Crippen LogP contribution >= 0.6 is 0 Å². The van der Waals surface area contributed by atoms with Gasteiger partial charge in [-0.15, -0.1) is 0 Å². The first-order chi connectivity index (χ1) is 9.93. The van der Waals surface area contributed by atoms with E-state index in [1.165, 1.54) is 22.8 Å². The molecule has 0 aliphatic heterocycles. The summed E-state index contributed by atoms with van der Waals surface area (Å²) in [7, 11) is 0. The molecule has 0 aliphatic rings. The summed E-state index contributed by atoms with van der Waals surface area (Å²) in [6.45, 7) is 1.78. The van der Waals surface area contributed by atoms with E-state index < -0.39 is 16.9 Å². The molecule has 0 radical (unpaired) electrons. The summed E-state index contributed by atoms with van der Waals surface area (Å²) in [5.41, 5.74) is 6.42. The molecule has 3 N–H and O–H groups in total. The highest BCUT2D eigenvalue weighted by Crippen LogP contribution is 2.31. The number of nitrogens with two attached hydrogens (primary N) is 1. The van der Waals surface area contributed by atoms with Crippen molar-refractivity contribution in [2.75, 3.05) is 0 Å². The highest BCUT2D eigenvalue weighted by Gasteiger charge is 2.19. The Hall–Kier alpha value is -2.83. The third-order valence-corrected chi connectivity index (χ3v) is 3.27. The molecule has 0 spiro atoms. The molecule has 0 saturated carbocycles. The SMILES string of the molecule is CC[C@@H](C(N)=O)n1cc(-c2cccc([N+](=O)[O-])c2)cc1O. The zero-order valence-corrected chi connectivity index (χ0v) is 11.4. The zero-order valence-electron chi connectivity index (χ0n) is 11.4. The average molecular weight is 289 g/mol. The van der Waals surface area contributed by atoms with Gasteiger partial charge in [-0.05, 0) is 12.0 Å². The molecule has 1 amide bonds. The smallest absolute Gasteiger partial charge is 0.270 e. The summed E-state index contributed by atoms with van der Waals surface area (Å²) < 4.78 is 1.37. The Morgan fingerprint density at radius 3 is 2.71 bits per heavy atom. The summed E-state index contributed by atoms with van der Waals surface area (Å²) in [6, 6.07) is 6.84. The lowest BCUT2D eigenvalue weighted by Gasteiger charge is -2.13. The maximum absolute atomic E-state index is 11.4. The van der Waals surface area contributed by atoms with Gasteiger partial charge in [-0.2, -0.15) is 0 Å². The largest absolute Gasteiger partial charge is 0.494 e. The van der Waals surface area contributed by atoms with Gasteiger partial charge >= 0.3 is 0 Å². The van der Waals surface area contributed by atoms with E-state index in [-0.39, 0.29) is 11.6 Å². The van der Waals surface area contributed by atoms with Crippen LogP contribution in [0.1, 0.15) is 19.4 Å². The van der Waals surface area contributed by atoms with Crippen molar-refractivity contribution in [2.45, 2.75) is 19.4 Å². The number of hydrogen-bond donors (Lipinski definition) is 2. The van der Waals surface area contributed by atoms with E-state index in [4.69, 9.17) is 5.73 Å². The number of non-ortho nitro benzene ring substituents is 1. The fraction of sp³-hybridized carbons (Fsp3) is 0.214. The van der Waals surface area contributed by atoms with Gasteiger partial charge in [0.25, 0.3) is 5.69 Å². The normalized spacial score (nSPS) is 12.0. The Bertz CT molecular complexity index is 693. The van der Waals surface area contributed by atoms with Gasteiger partial charge in [-0.1, -0.05) is 19.1 Å². The maximum atomic E-state index is 11.4. The molecule has 110 valence electrons. The maximum Gasteiger partial charge on any atom is 0.270 e. The van der Waals surface area contributed by atoms with Crippen molar-refractivity contribution < 1.29 is 14.8 Å². The van der Waals surface area contributed by atoms with E-state index in [1.807, 2.05) is 0 Å². The molecule has 7 nitrogen and oxygen atoms in total. The van der Waals surface area contributed by atoms with Crippen LogP contribution in [-0.4, -0.2) is 20.5 Å². The second-order valence-corrected chi connectivity index (χ2v) is 4.63. The summed E-state index contributed by atoms with van der Waals surface area (Å²) >= 11 is 0. The van der Waals surface area contributed by atoms with Gasteiger partial charge in [0.1, 0.15) is 6.04 Å². The van der Waals surface area contributed by atoms with Crippen LogP contribution in [0.3, 0.4) is 0 Å². The van der Waals surface area contributed by atoms with Crippen molar-refractivity contribution in [3.05, 3.63) is 46.6 Å². The Balaban J connectivity index is 2.45. The summed E-state index contributed by atoms with van der Waals surface area (Å²) in [4.78, 5) is 21.7. The molecular weight excluding hydrogens is 274 g/mol. The molecule has 7 heteroatoms. The first-order valence-electron chi connectivity index (χ1n) is 6.39. The monoisotopic (exact) mass is 289 g/mol. The molecule has 1 aromatic carbocycles. The van der Waals surface area contributed by atoms with Crippen LogP contribution in [0.15, 0.2) is 36.5 Å². The number of nitro groups is 1. The fourth-order valence-electron chi connectivity index (χ4n) is 2.21. The van der Waals surface area contributed by atoms with Crippen LogP contribution in [0.25, 0.3) is 11.1 Å². The molecule has 2 aromatic rings. The Morgan fingerprint density at radius 1 is 1.43 bits per heavy atom. The lowest BCUT2D eigenvalue weighted by atomic mass is 10.1. The van der Waals surface area contributed by atoms with Crippen molar-refractivity contribution in [1.82, 2.24) is 4.57 Å². The highest BCUT2D eigenvalue weighted by atomic mass is 16.6. The lowest BCUT2D eigenvalue weighted by Crippen LogP contribution is -2.25. The fourth-order valence-corrected chi connectivity index (χ4v) is 2.21. The number of primary amides is 1. The number of rotatable bonds is 5. The number of nitro benzene ring substituents is 1. The summed E-state index contributed by atoms with van der Waals surface area (Å²) in [5.74, 6) is -0.656. The van der Waals surface area contributed by atoms with E-state index in [2.05, 4.69) is 0 Å². The number of benzene rings is 1. The lowest BCUT2D eigenvalue weighted by molar-refractivity contribution is -0.384. The van der Waals surface area contributed by atoms with Crippen molar-refractivity contribution in [1.29, 1.82) is 0 Å². The minimum atomic E-state index is -0.655. The minimum absolute atomic E-state index is 0.0401. The van der Waals surface area contributed by atoms with Crippen LogP contribution in [0, 0.1) is 10.1 Å². The number of hydrogen-bond acceptors (Lipinski definition) is 4. The minimum Gasteiger partial charge on any atom is -0.494 e. The Labute approximate surface area is 120 Å². The van der Waals surface area contributed by atoms with Crippen LogP contribution in [0.5, 0.6) is 5.88 Å². The third kappa shape index (κ3) is 2.86. The first kappa shape index (κ1) is 14.6.